The lowest BCUT2D eigenvalue weighted by Crippen LogP contribution is -2.10. The number of nitrogens with two attached hydrogens (primary N) is 2. The van der Waals surface area contributed by atoms with Gasteiger partial charge in [0.2, 0.25) is 11.9 Å². The molecule has 0 saturated carbocycles. The molecule has 2 aromatic heterocycles. The third-order valence-electron chi connectivity index (χ3n) is 4.82. The van der Waals surface area contributed by atoms with Gasteiger partial charge in [0.25, 0.3) is 0 Å². The summed E-state index contributed by atoms with van der Waals surface area (Å²) < 4.78 is 4.00. The Hall–Kier alpha value is -2.96. The topological polar surface area (TPSA) is 87.7 Å². The van der Waals surface area contributed by atoms with Gasteiger partial charge in [-0.05, 0) is 41.8 Å². The van der Waals surface area contributed by atoms with E-state index >= 15 is 0 Å². The van der Waals surface area contributed by atoms with Gasteiger partial charge >= 0.3 is 0 Å². The highest BCUT2D eigenvalue weighted by atomic mass is 35.5. The summed E-state index contributed by atoms with van der Waals surface area (Å²) in [7, 11) is 0. The summed E-state index contributed by atoms with van der Waals surface area (Å²) in [4.78, 5) is 8.55. The molecule has 4 rings (SSSR count). The van der Waals surface area contributed by atoms with E-state index in [-0.39, 0.29) is 0 Å². The molecule has 0 fully saturated rings. The van der Waals surface area contributed by atoms with Crippen molar-refractivity contribution >= 4 is 35.1 Å². The SMILES string of the molecule is Nc1ncc(-c2ccc(Cl)cc2)n1CCCn1c(-c2ccc(Cl)cc2)cnc1N. The summed E-state index contributed by atoms with van der Waals surface area (Å²) in [6.07, 6.45) is 4.37. The van der Waals surface area contributed by atoms with Crippen molar-refractivity contribution < 1.29 is 0 Å². The zero-order valence-corrected chi connectivity index (χ0v) is 17.1. The summed E-state index contributed by atoms with van der Waals surface area (Å²) in [6.45, 7) is 1.39. The van der Waals surface area contributed by atoms with Crippen LogP contribution in [0.4, 0.5) is 11.9 Å². The average molecular weight is 427 g/mol. The monoisotopic (exact) mass is 426 g/mol. The van der Waals surface area contributed by atoms with Crippen LogP contribution in [0.5, 0.6) is 0 Å². The van der Waals surface area contributed by atoms with Crippen molar-refractivity contribution in [2.24, 2.45) is 0 Å². The Morgan fingerprint density at radius 1 is 0.655 bits per heavy atom. The summed E-state index contributed by atoms with van der Waals surface area (Å²) in [5.74, 6) is 0.956. The molecule has 4 aromatic rings. The third-order valence-corrected chi connectivity index (χ3v) is 5.32. The fourth-order valence-corrected chi connectivity index (χ4v) is 3.59. The number of imidazole rings is 2. The van der Waals surface area contributed by atoms with Crippen LogP contribution in [0.25, 0.3) is 22.5 Å². The van der Waals surface area contributed by atoms with Crippen LogP contribution >= 0.6 is 23.2 Å². The van der Waals surface area contributed by atoms with E-state index < -0.39 is 0 Å². The van der Waals surface area contributed by atoms with Gasteiger partial charge in [0.15, 0.2) is 0 Å². The normalized spacial score (nSPS) is 11.1. The van der Waals surface area contributed by atoms with Gasteiger partial charge in [-0.2, -0.15) is 0 Å². The van der Waals surface area contributed by atoms with E-state index in [1.54, 1.807) is 12.4 Å². The minimum atomic E-state index is 0.478. The minimum absolute atomic E-state index is 0.478. The van der Waals surface area contributed by atoms with Crippen LogP contribution in [0.1, 0.15) is 6.42 Å². The Kier molecular flexibility index (Phi) is 5.47. The standard InChI is InChI=1S/C21H20Cl2N6/c22-16-6-2-14(3-7-16)18-12-26-20(24)28(18)10-1-11-29-19(13-27-21(29)25)15-4-8-17(23)9-5-15/h2-9,12-13H,1,10-11H2,(H2,24,26)(H2,25,27). The zero-order valence-electron chi connectivity index (χ0n) is 15.6. The maximum Gasteiger partial charge on any atom is 0.200 e. The molecule has 0 aliphatic heterocycles. The van der Waals surface area contributed by atoms with Crippen molar-refractivity contribution in [2.75, 3.05) is 11.5 Å². The molecule has 8 heteroatoms. The number of hydrogen-bond acceptors (Lipinski definition) is 4. The van der Waals surface area contributed by atoms with E-state index in [9.17, 15) is 0 Å². The van der Waals surface area contributed by atoms with Gasteiger partial charge < -0.3 is 20.6 Å². The Balaban J connectivity index is 1.52. The molecule has 6 nitrogen and oxygen atoms in total. The molecule has 0 unspecified atom stereocenters. The van der Waals surface area contributed by atoms with Crippen molar-refractivity contribution in [3.05, 3.63) is 71.0 Å². The Bertz CT molecular complexity index is 1020. The predicted octanol–water partition coefficient (Wildman–Crippen LogP) is 4.98. The molecule has 0 radical (unpaired) electrons. The molecular formula is C21H20Cl2N6. The number of aromatic nitrogens is 4. The Morgan fingerprint density at radius 2 is 1.03 bits per heavy atom. The van der Waals surface area contributed by atoms with Gasteiger partial charge in [-0.3, -0.25) is 0 Å². The van der Waals surface area contributed by atoms with Crippen LogP contribution in [-0.2, 0) is 13.1 Å². The van der Waals surface area contributed by atoms with E-state index in [1.807, 2.05) is 57.7 Å². The van der Waals surface area contributed by atoms with Crippen LogP contribution in [0.2, 0.25) is 10.0 Å². The molecular weight excluding hydrogens is 407 g/mol. The van der Waals surface area contributed by atoms with E-state index in [0.717, 1.165) is 28.9 Å². The quantitative estimate of drug-likeness (QED) is 0.455. The number of halogens is 2. The second-order valence-electron chi connectivity index (χ2n) is 6.67. The summed E-state index contributed by atoms with van der Waals surface area (Å²) in [6, 6.07) is 15.3. The maximum absolute atomic E-state index is 6.10. The molecule has 0 amide bonds. The van der Waals surface area contributed by atoms with E-state index in [0.29, 0.717) is 35.0 Å². The van der Waals surface area contributed by atoms with Crippen LogP contribution in [-0.4, -0.2) is 19.1 Å². The first-order valence-electron chi connectivity index (χ1n) is 9.17. The fraction of sp³-hybridized carbons (Fsp3) is 0.143. The first kappa shape index (κ1) is 19.4. The molecule has 0 bridgehead atoms. The number of benzene rings is 2. The molecule has 0 aliphatic carbocycles. The predicted molar refractivity (Wildman–Crippen MR) is 119 cm³/mol. The Labute approximate surface area is 178 Å². The second kappa shape index (κ2) is 8.19. The molecule has 29 heavy (non-hydrogen) atoms. The van der Waals surface area contributed by atoms with Crippen LogP contribution < -0.4 is 11.5 Å². The van der Waals surface area contributed by atoms with E-state index in [1.165, 1.54) is 0 Å². The summed E-state index contributed by atoms with van der Waals surface area (Å²) >= 11 is 12.0. The molecule has 0 atom stereocenters. The lowest BCUT2D eigenvalue weighted by atomic mass is 10.1. The van der Waals surface area contributed by atoms with E-state index in [2.05, 4.69) is 9.97 Å². The number of nitrogens with zero attached hydrogens (tertiary/aromatic N) is 4. The van der Waals surface area contributed by atoms with E-state index in [4.69, 9.17) is 34.7 Å². The molecule has 148 valence electrons. The van der Waals surface area contributed by atoms with Crippen molar-refractivity contribution in [3.8, 4) is 22.5 Å². The van der Waals surface area contributed by atoms with Gasteiger partial charge in [-0.15, -0.1) is 0 Å². The average Bonchev–Trinajstić information content (AvgIpc) is 3.26. The third kappa shape index (κ3) is 4.09. The molecule has 4 N–H and O–H groups in total. The summed E-state index contributed by atoms with van der Waals surface area (Å²) in [5.41, 5.74) is 16.1. The van der Waals surface area contributed by atoms with Crippen LogP contribution in [0, 0.1) is 0 Å². The van der Waals surface area contributed by atoms with Crippen molar-refractivity contribution in [1.29, 1.82) is 0 Å². The number of anilines is 2. The molecule has 0 saturated heterocycles. The lowest BCUT2D eigenvalue weighted by Gasteiger charge is -2.13. The van der Waals surface area contributed by atoms with Gasteiger partial charge in [0, 0.05) is 23.1 Å². The van der Waals surface area contributed by atoms with Crippen molar-refractivity contribution in [2.45, 2.75) is 19.5 Å². The highest BCUT2D eigenvalue weighted by molar-refractivity contribution is 6.30. The maximum atomic E-state index is 6.10. The van der Waals surface area contributed by atoms with Crippen LogP contribution in [0.15, 0.2) is 60.9 Å². The molecule has 2 heterocycles. The highest BCUT2D eigenvalue weighted by Crippen LogP contribution is 2.26. The largest absolute Gasteiger partial charge is 0.369 e. The molecule has 0 spiro atoms. The number of hydrogen-bond donors (Lipinski definition) is 2. The molecule has 0 aliphatic rings. The van der Waals surface area contributed by atoms with Crippen molar-refractivity contribution in [1.82, 2.24) is 19.1 Å². The summed E-state index contributed by atoms with van der Waals surface area (Å²) in [5, 5.41) is 1.39. The van der Waals surface area contributed by atoms with Crippen molar-refractivity contribution in [3.63, 3.8) is 0 Å². The first-order chi connectivity index (χ1) is 14.0. The van der Waals surface area contributed by atoms with Crippen LogP contribution in [0.3, 0.4) is 0 Å². The Morgan fingerprint density at radius 3 is 1.41 bits per heavy atom. The smallest absolute Gasteiger partial charge is 0.200 e. The second-order valence-corrected chi connectivity index (χ2v) is 7.55. The minimum Gasteiger partial charge on any atom is -0.369 e. The zero-order chi connectivity index (χ0) is 20.4. The number of nitrogen functional groups attached to an aromatic ring is 2. The lowest BCUT2D eigenvalue weighted by molar-refractivity contribution is 0.577. The molecule has 2 aromatic carbocycles. The fourth-order valence-electron chi connectivity index (χ4n) is 3.34. The highest BCUT2D eigenvalue weighted by Gasteiger charge is 2.12. The number of rotatable bonds is 6. The van der Waals surface area contributed by atoms with Gasteiger partial charge in [0.05, 0.1) is 23.8 Å². The first-order valence-corrected chi connectivity index (χ1v) is 9.92. The van der Waals surface area contributed by atoms with Gasteiger partial charge in [-0.1, -0.05) is 47.5 Å². The van der Waals surface area contributed by atoms with Gasteiger partial charge in [-0.25, -0.2) is 9.97 Å². The van der Waals surface area contributed by atoms with Gasteiger partial charge in [0.1, 0.15) is 0 Å².